The minimum absolute atomic E-state index is 0.0375. The zero-order chi connectivity index (χ0) is 16.2. The summed E-state index contributed by atoms with van der Waals surface area (Å²) in [5.41, 5.74) is 2.13. The lowest BCUT2D eigenvalue weighted by Crippen LogP contribution is -2.44. The van der Waals surface area contributed by atoms with Crippen LogP contribution in [-0.4, -0.2) is 38.1 Å². The lowest BCUT2D eigenvalue weighted by molar-refractivity contribution is 0.315. The third kappa shape index (κ3) is 3.60. The van der Waals surface area contributed by atoms with Crippen LogP contribution in [0.1, 0.15) is 31.7 Å². The SMILES string of the molecule is CCC1CN(C)c2ccccc2CN1S(=O)(=O)CCCC#N. The fourth-order valence-electron chi connectivity index (χ4n) is 2.93. The van der Waals surface area contributed by atoms with Gasteiger partial charge < -0.3 is 4.90 Å². The van der Waals surface area contributed by atoms with E-state index in [1.807, 2.05) is 44.3 Å². The number of rotatable bonds is 5. The molecule has 22 heavy (non-hydrogen) atoms. The second-order valence-electron chi connectivity index (χ2n) is 5.69. The zero-order valence-corrected chi connectivity index (χ0v) is 14.0. The first kappa shape index (κ1) is 16.8. The van der Waals surface area contributed by atoms with E-state index in [0.717, 1.165) is 17.7 Å². The fourth-order valence-corrected chi connectivity index (χ4v) is 4.68. The maximum atomic E-state index is 12.7. The number of para-hydroxylation sites is 1. The van der Waals surface area contributed by atoms with E-state index in [2.05, 4.69) is 4.90 Å². The van der Waals surface area contributed by atoms with Crippen molar-refractivity contribution in [3.8, 4) is 6.07 Å². The normalized spacial score (nSPS) is 19.3. The van der Waals surface area contributed by atoms with Crippen LogP contribution in [-0.2, 0) is 16.6 Å². The molecule has 6 heteroatoms. The first-order valence-electron chi connectivity index (χ1n) is 7.65. The highest BCUT2D eigenvalue weighted by atomic mass is 32.2. The molecule has 0 N–H and O–H groups in total. The van der Waals surface area contributed by atoms with Gasteiger partial charge in [-0.1, -0.05) is 25.1 Å². The Bertz CT molecular complexity index is 652. The standard InChI is InChI=1S/C16H23N3O2S/c1-3-15-13-18(2)16-9-5-4-8-14(16)12-19(15)22(20,21)11-7-6-10-17/h4-5,8-9,15H,3,6-7,11-13H2,1-2H3. The minimum atomic E-state index is -3.35. The Balaban J connectivity index is 2.31. The molecule has 0 bridgehead atoms. The summed E-state index contributed by atoms with van der Waals surface area (Å²) in [6, 6.07) is 9.92. The van der Waals surface area contributed by atoms with Gasteiger partial charge >= 0.3 is 0 Å². The van der Waals surface area contributed by atoms with Crippen LogP contribution in [0.15, 0.2) is 24.3 Å². The molecule has 1 aromatic rings. The van der Waals surface area contributed by atoms with Crippen molar-refractivity contribution in [1.29, 1.82) is 5.26 Å². The van der Waals surface area contributed by atoms with Gasteiger partial charge in [-0.3, -0.25) is 0 Å². The summed E-state index contributed by atoms with van der Waals surface area (Å²) in [6.45, 7) is 3.12. The first-order valence-corrected chi connectivity index (χ1v) is 9.26. The maximum absolute atomic E-state index is 12.7. The van der Waals surface area contributed by atoms with Crippen LogP contribution in [0.5, 0.6) is 0 Å². The molecule has 120 valence electrons. The van der Waals surface area contributed by atoms with Crippen molar-refractivity contribution in [1.82, 2.24) is 4.31 Å². The van der Waals surface area contributed by atoms with E-state index >= 15 is 0 Å². The van der Waals surface area contributed by atoms with Crippen molar-refractivity contribution >= 4 is 15.7 Å². The molecule has 0 radical (unpaired) electrons. The second kappa shape index (κ2) is 7.12. The average Bonchev–Trinajstić information content (AvgIpc) is 2.65. The van der Waals surface area contributed by atoms with Gasteiger partial charge in [0.1, 0.15) is 0 Å². The van der Waals surface area contributed by atoms with Gasteiger partial charge in [0.15, 0.2) is 0 Å². The number of hydrogen-bond donors (Lipinski definition) is 0. The Labute approximate surface area is 133 Å². The zero-order valence-electron chi connectivity index (χ0n) is 13.2. The highest BCUT2D eigenvalue weighted by molar-refractivity contribution is 7.89. The van der Waals surface area contributed by atoms with E-state index in [0.29, 0.717) is 19.5 Å². The number of benzene rings is 1. The predicted molar refractivity (Wildman–Crippen MR) is 88.0 cm³/mol. The largest absolute Gasteiger partial charge is 0.373 e. The first-order chi connectivity index (χ1) is 10.5. The predicted octanol–water partition coefficient (Wildman–Crippen LogP) is 2.35. The lowest BCUT2D eigenvalue weighted by atomic mass is 10.1. The third-order valence-electron chi connectivity index (χ3n) is 4.14. The van der Waals surface area contributed by atoms with Crippen LogP contribution in [0.4, 0.5) is 5.69 Å². The second-order valence-corrected chi connectivity index (χ2v) is 7.74. The summed E-state index contributed by atoms with van der Waals surface area (Å²) in [5.74, 6) is 0.0446. The Morgan fingerprint density at radius 2 is 2.09 bits per heavy atom. The van der Waals surface area contributed by atoms with E-state index < -0.39 is 10.0 Å². The summed E-state index contributed by atoms with van der Waals surface area (Å²) < 4.78 is 27.0. The van der Waals surface area contributed by atoms with Crippen molar-refractivity contribution in [3.05, 3.63) is 29.8 Å². The van der Waals surface area contributed by atoms with Crippen LogP contribution >= 0.6 is 0 Å². The molecule has 1 aromatic carbocycles. The van der Waals surface area contributed by atoms with Gasteiger partial charge in [0.05, 0.1) is 11.8 Å². The Hall–Kier alpha value is -1.58. The van der Waals surface area contributed by atoms with Crippen molar-refractivity contribution in [2.45, 2.75) is 38.8 Å². The number of hydrogen-bond acceptors (Lipinski definition) is 4. The van der Waals surface area contributed by atoms with E-state index in [1.54, 1.807) is 4.31 Å². The maximum Gasteiger partial charge on any atom is 0.214 e. The summed E-state index contributed by atoms with van der Waals surface area (Å²) in [4.78, 5) is 2.13. The molecule has 0 fully saturated rings. The monoisotopic (exact) mass is 321 g/mol. The molecule has 1 heterocycles. The van der Waals surface area contributed by atoms with Crippen LogP contribution in [0.25, 0.3) is 0 Å². The van der Waals surface area contributed by atoms with Gasteiger partial charge in [0, 0.05) is 38.3 Å². The van der Waals surface area contributed by atoms with Crippen molar-refractivity contribution < 1.29 is 8.42 Å². The number of sulfonamides is 1. The molecule has 5 nitrogen and oxygen atoms in total. The quantitative estimate of drug-likeness (QED) is 0.781. The summed E-state index contributed by atoms with van der Waals surface area (Å²) in [7, 11) is -1.34. The van der Waals surface area contributed by atoms with Gasteiger partial charge in [0.2, 0.25) is 10.0 Å². The van der Waals surface area contributed by atoms with Gasteiger partial charge in [-0.25, -0.2) is 8.42 Å². The molecule has 0 saturated heterocycles. The third-order valence-corrected chi connectivity index (χ3v) is 6.09. The highest BCUT2D eigenvalue weighted by Crippen LogP contribution is 2.29. The summed E-state index contributed by atoms with van der Waals surface area (Å²) in [6.07, 6.45) is 1.44. The lowest BCUT2D eigenvalue weighted by Gasteiger charge is -2.29. The average molecular weight is 321 g/mol. The van der Waals surface area contributed by atoms with E-state index in [9.17, 15) is 8.42 Å². The molecule has 0 aliphatic carbocycles. The van der Waals surface area contributed by atoms with Gasteiger partial charge in [-0.05, 0) is 24.5 Å². The molecule has 1 aliphatic rings. The number of unbranched alkanes of at least 4 members (excludes halogenated alkanes) is 1. The molecule has 1 atom stereocenters. The molecule has 2 rings (SSSR count). The van der Waals surface area contributed by atoms with E-state index in [4.69, 9.17) is 5.26 Å². The number of likely N-dealkylation sites (N-methyl/N-ethyl adjacent to an activating group) is 1. The molecule has 0 spiro atoms. The number of nitrogens with zero attached hydrogens (tertiary/aromatic N) is 3. The van der Waals surface area contributed by atoms with Gasteiger partial charge in [-0.2, -0.15) is 9.57 Å². The smallest absolute Gasteiger partial charge is 0.214 e. The summed E-state index contributed by atoms with van der Waals surface area (Å²) >= 11 is 0. The molecule has 0 saturated carbocycles. The molecular formula is C16H23N3O2S. The molecule has 1 aliphatic heterocycles. The van der Waals surface area contributed by atoms with Crippen LogP contribution < -0.4 is 4.90 Å². The van der Waals surface area contributed by atoms with Crippen LogP contribution in [0.2, 0.25) is 0 Å². The molecule has 0 amide bonds. The summed E-state index contributed by atoms with van der Waals surface area (Å²) in [5, 5.41) is 8.62. The van der Waals surface area contributed by atoms with Gasteiger partial charge in [0.25, 0.3) is 0 Å². The van der Waals surface area contributed by atoms with E-state index in [-0.39, 0.29) is 18.2 Å². The Kier molecular flexibility index (Phi) is 5.43. The van der Waals surface area contributed by atoms with Crippen LogP contribution in [0.3, 0.4) is 0 Å². The topological polar surface area (TPSA) is 64.4 Å². The molecule has 0 aromatic heterocycles. The Morgan fingerprint density at radius 3 is 2.77 bits per heavy atom. The highest BCUT2D eigenvalue weighted by Gasteiger charge is 2.32. The van der Waals surface area contributed by atoms with Crippen LogP contribution in [0, 0.1) is 11.3 Å². The molecule has 1 unspecified atom stereocenters. The Morgan fingerprint density at radius 1 is 1.36 bits per heavy atom. The number of anilines is 1. The van der Waals surface area contributed by atoms with Crippen molar-refractivity contribution in [2.24, 2.45) is 0 Å². The van der Waals surface area contributed by atoms with Gasteiger partial charge in [-0.15, -0.1) is 0 Å². The van der Waals surface area contributed by atoms with Crippen molar-refractivity contribution in [2.75, 3.05) is 24.2 Å². The van der Waals surface area contributed by atoms with E-state index in [1.165, 1.54) is 0 Å². The minimum Gasteiger partial charge on any atom is -0.373 e. The number of nitriles is 1. The number of fused-ring (bicyclic) bond motifs is 1. The molecular weight excluding hydrogens is 298 g/mol. The fraction of sp³-hybridized carbons (Fsp3) is 0.562. The van der Waals surface area contributed by atoms with Crippen molar-refractivity contribution in [3.63, 3.8) is 0 Å².